The Balaban J connectivity index is 1.52. The predicted molar refractivity (Wildman–Crippen MR) is 112 cm³/mol. The van der Waals surface area contributed by atoms with Crippen LogP contribution in [0.5, 0.6) is 0 Å². The first kappa shape index (κ1) is 20.3. The molecular weight excluding hydrogens is 388 g/mol. The average molecular weight is 419 g/mol. The fraction of sp³-hybridized carbons (Fsp3) is 0.619. The number of para-hydroxylation sites is 1. The third kappa shape index (κ3) is 4.64. The van der Waals surface area contributed by atoms with Crippen LogP contribution in [-0.4, -0.2) is 42.2 Å². The van der Waals surface area contributed by atoms with E-state index in [0.29, 0.717) is 18.4 Å². The van der Waals surface area contributed by atoms with Gasteiger partial charge in [0.05, 0.1) is 11.8 Å². The van der Waals surface area contributed by atoms with Gasteiger partial charge in [0.25, 0.3) is 0 Å². The minimum absolute atomic E-state index is 0.248. The van der Waals surface area contributed by atoms with E-state index in [-0.39, 0.29) is 17.7 Å². The maximum Gasteiger partial charge on any atom is 0.328 e. The molecule has 4 rings (SSSR count). The summed E-state index contributed by atoms with van der Waals surface area (Å²) in [7, 11) is -1.48. The van der Waals surface area contributed by atoms with Gasteiger partial charge in [0.15, 0.2) is 5.82 Å². The topological polar surface area (TPSA) is 79.5 Å². The Labute approximate surface area is 173 Å². The van der Waals surface area contributed by atoms with Crippen LogP contribution in [0.3, 0.4) is 0 Å². The highest BCUT2D eigenvalue weighted by molar-refractivity contribution is 7.89. The summed E-state index contributed by atoms with van der Waals surface area (Å²) in [6, 6.07) is 9.82. The quantitative estimate of drug-likeness (QED) is 0.697. The molecule has 0 radical (unpaired) electrons. The standard InChI is InChI=1S/C21H30N4O3S/c1-24(18-12-6-3-7-13-18)21-22-20(23-28-21)19-14-8-9-15-25(19)29(26,27)16-17-10-4-2-5-11-17/h3,6-7,12-13,17,19H,2,4-5,8-11,14-16H2,1H3/t19-/m0/s1. The monoisotopic (exact) mass is 418 g/mol. The maximum absolute atomic E-state index is 13.2. The molecule has 2 heterocycles. The van der Waals surface area contributed by atoms with Crippen LogP contribution in [0.1, 0.15) is 63.2 Å². The van der Waals surface area contributed by atoms with Gasteiger partial charge >= 0.3 is 6.01 Å². The summed E-state index contributed by atoms with van der Waals surface area (Å²) in [4.78, 5) is 6.38. The summed E-state index contributed by atoms with van der Waals surface area (Å²) < 4.78 is 33.6. The molecule has 1 atom stereocenters. The molecule has 2 aromatic rings. The highest BCUT2D eigenvalue weighted by Crippen LogP contribution is 2.35. The van der Waals surface area contributed by atoms with E-state index in [1.165, 1.54) is 6.42 Å². The second kappa shape index (κ2) is 8.83. The third-order valence-corrected chi connectivity index (χ3v) is 8.19. The molecule has 0 amide bonds. The molecule has 29 heavy (non-hydrogen) atoms. The van der Waals surface area contributed by atoms with Gasteiger partial charge in [0, 0.05) is 19.3 Å². The molecule has 2 aliphatic rings. The van der Waals surface area contributed by atoms with Gasteiger partial charge in [-0.2, -0.15) is 9.29 Å². The van der Waals surface area contributed by atoms with E-state index in [1.807, 2.05) is 42.3 Å². The summed E-state index contributed by atoms with van der Waals surface area (Å²) in [5.41, 5.74) is 0.938. The van der Waals surface area contributed by atoms with Gasteiger partial charge in [-0.3, -0.25) is 4.90 Å². The Kier molecular flexibility index (Phi) is 6.20. The molecule has 158 valence electrons. The van der Waals surface area contributed by atoms with Crippen molar-refractivity contribution >= 4 is 21.7 Å². The summed E-state index contributed by atoms with van der Waals surface area (Å²) in [5.74, 6) is 0.995. The fourth-order valence-corrected chi connectivity index (χ4v) is 6.62. The molecule has 1 aliphatic heterocycles. The Morgan fingerprint density at radius 1 is 1.07 bits per heavy atom. The van der Waals surface area contributed by atoms with Crippen LogP contribution < -0.4 is 4.90 Å². The first-order chi connectivity index (χ1) is 14.0. The Morgan fingerprint density at radius 2 is 1.79 bits per heavy atom. The zero-order valence-electron chi connectivity index (χ0n) is 17.0. The van der Waals surface area contributed by atoms with Crippen molar-refractivity contribution in [2.75, 3.05) is 24.2 Å². The molecule has 2 fully saturated rings. The highest BCUT2D eigenvalue weighted by Gasteiger charge is 2.37. The van der Waals surface area contributed by atoms with E-state index in [1.54, 1.807) is 4.31 Å². The van der Waals surface area contributed by atoms with Crippen molar-refractivity contribution in [1.29, 1.82) is 0 Å². The number of anilines is 2. The zero-order valence-corrected chi connectivity index (χ0v) is 17.9. The number of sulfonamides is 1. The third-order valence-electron chi connectivity index (χ3n) is 6.14. The average Bonchev–Trinajstić information content (AvgIpc) is 3.24. The number of hydrogen-bond donors (Lipinski definition) is 0. The summed E-state index contributed by atoms with van der Waals surface area (Å²) >= 11 is 0. The second-order valence-corrected chi connectivity index (χ2v) is 10.2. The molecule has 0 spiro atoms. The molecule has 7 nitrogen and oxygen atoms in total. The molecule has 0 N–H and O–H groups in total. The number of aromatic nitrogens is 2. The van der Waals surface area contributed by atoms with Crippen LogP contribution in [0.15, 0.2) is 34.9 Å². The minimum Gasteiger partial charge on any atom is -0.315 e. The molecule has 1 aromatic carbocycles. The van der Waals surface area contributed by atoms with Crippen LogP contribution in [0.4, 0.5) is 11.7 Å². The van der Waals surface area contributed by atoms with Crippen molar-refractivity contribution in [3.05, 3.63) is 36.2 Å². The Bertz CT molecular complexity index is 894. The van der Waals surface area contributed by atoms with Crippen molar-refractivity contribution in [2.45, 2.75) is 57.4 Å². The van der Waals surface area contributed by atoms with Gasteiger partial charge < -0.3 is 4.52 Å². The van der Waals surface area contributed by atoms with Crippen LogP contribution in [0.25, 0.3) is 0 Å². The molecular formula is C21H30N4O3S. The van der Waals surface area contributed by atoms with Gasteiger partial charge in [-0.05, 0) is 43.7 Å². The van der Waals surface area contributed by atoms with Gasteiger partial charge in [-0.15, -0.1) is 0 Å². The molecule has 1 saturated heterocycles. The second-order valence-electron chi connectivity index (χ2n) is 8.23. The number of nitrogens with zero attached hydrogens (tertiary/aromatic N) is 4. The van der Waals surface area contributed by atoms with E-state index in [2.05, 4.69) is 10.1 Å². The number of piperidine rings is 1. The molecule has 1 aliphatic carbocycles. The van der Waals surface area contributed by atoms with Crippen molar-refractivity contribution < 1.29 is 12.9 Å². The first-order valence-corrected chi connectivity index (χ1v) is 12.3. The smallest absolute Gasteiger partial charge is 0.315 e. The van der Waals surface area contributed by atoms with Gasteiger partial charge in [-0.1, -0.05) is 49.0 Å². The summed E-state index contributed by atoms with van der Waals surface area (Å²) in [6.07, 6.45) is 8.14. The van der Waals surface area contributed by atoms with Crippen molar-refractivity contribution in [3.8, 4) is 0 Å². The summed E-state index contributed by atoms with van der Waals surface area (Å²) in [5, 5.41) is 4.16. The predicted octanol–water partition coefficient (Wildman–Crippen LogP) is 4.27. The van der Waals surface area contributed by atoms with E-state index >= 15 is 0 Å². The van der Waals surface area contributed by atoms with Gasteiger partial charge in [0.1, 0.15) is 0 Å². The Hall–Kier alpha value is -1.93. The number of hydrogen-bond acceptors (Lipinski definition) is 6. The van der Waals surface area contributed by atoms with E-state index < -0.39 is 10.0 Å². The molecule has 1 saturated carbocycles. The maximum atomic E-state index is 13.2. The normalized spacial score (nSPS) is 21.9. The van der Waals surface area contributed by atoms with Crippen molar-refractivity contribution in [3.63, 3.8) is 0 Å². The fourth-order valence-electron chi connectivity index (χ4n) is 4.50. The van der Waals surface area contributed by atoms with Gasteiger partial charge in [-0.25, -0.2) is 8.42 Å². The minimum atomic E-state index is -3.35. The van der Waals surface area contributed by atoms with E-state index in [9.17, 15) is 8.42 Å². The molecule has 0 bridgehead atoms. The molecule has 8 heteroatoms. The van der Waals surface area contributed by atoms with Crippen LogP contribution in [0, 0.1) is 5.92 Å². The van der Waals surface area contributed by atoms with Crippen molar-refractivity contribution in [1.82, 2.24) is 14.4 Å². The van der Waals surface area contributed by atoms with E-state index in [4.69, 9.17) is 4.52 Å². The van der Waals surface area contributed by atoms with Gasteiger partial charge in [0.2, 0.25) is 10.0 Å². The molecule has 1 aromatic heterocycles. The Morgan fingerprint density at radius 3 is 2.55 bits per heavy atom. The number of benzene rings is 1. The van der Waals surface area contributed by atoms with Crippen molar-refractivity contribution in [2.24, 2.45) is 5.92 Å². The van der Waals surface area contributed by atoms with Crippen LogP contribution in [-0.2, 0) is 10.0 Å². The van der Waals surface area contributed by atoms with Crippen LogP contribution in [0.2, 0.25) is 0 Å². The SMILES string of the molecule is CN(c1ccccc1)c1nc([C@@H]2CCCCN2S(=O)(=O)CC2CCCCC2)no1. The number of rotatable bonds is 6. The lowest BCUT2D eigenvalue weighted by Gasteiger charge is -2.34. The zero-order chi connectivity index (χ0) is 20.3. The largest absolute Gasteiger partial charge is 0.328 e. The summed E-state index contributed by atoms with van der Waals surface area (Å²) in [6.45, 7) is 0.540. The highest BCUT2D eigenvalue weighted by atomic mass is 32.2. The molecule has 0 unspecified atom stereocenters. The van der Waals surface area contributed by atoms with Crippen LogP contribution >= 0.6 is 0 Å². The lowest BCUT2D eigenvalue weighted by molar-refractivity contribution is 0.238. The lowest BCUT2D eigenvalue weighted by Crippen LogP contribution is -2.41. The first-order valence-electron chi connectivity index (χ1n) is 10.7. The van der Waals surface area contributed by atoms with E-state index in [0.717, 1.165) is 50.6 Å². The lowest BCUT2D eigenvalue weighted by atomic mass is 9.91.